The Morgan fingerprint density at radius 1 is 1.00 bits per heavy atom. The van der Waals surface area contributed by atoms with Gasteiger partial charge in [-0.3, -0.25) is 0 Å². The Hall–Kier alpha value is -1.07. The fourth-order valence-electron chi connectivity index (χ4n) is 2.04. The van der Waals surface area contributed by atoms with Gasteiger partial charge >= 0.3 is 0 Å². The quantitative estimate of drug-likeness (QED) is 0.174. The number of oxime groups is 2. The molecule has 0 fully saturated rings. The van der Waals surface area contributed by atoms with Crippen molar-refractivity contribution >= 4 is 22.4 Å². The lowest BCUT2D eigenvalue weighted by Gasteiger charge is -2.29. The highest BCUT2D eigenvalue weighted by Gasteiger charge is 2.24. The van der Waals surface area contributed by atoms with Crippen LogP contribution in [0.25, 0.3) is 0 Å². The zero-order chi connectivity index (χ0) is 20.4. The van der Waals surface area contributed by atoms with Crippen molar-refractivity contribution in [1.82, 2.24) is 14.9 Å². The summed E-state index contributed by atoms with van der Waals surface area (Å²) < 4.78 is 14.3. The minimum atomic E-state index is -1.17. The van der Waals surface area contributed by atoms with E-state index in [9.17, 15) is 4.21 Å². The van der Waals surface area contributed by atoms with Gasteiger partial charge in [-0.2, -0.15) is 0 Å². The molecular weight excluding hydrogens is 356 g/mol. The van der Waals surface area contributed by atoms with Crippen LogP contribution in [0.4, 0.5) is 0 Å². The molecule has 6 N–H and O–H groups in total. The molecular formula is C16H36N6O3S. The van der Waals surface area contributed by atoms with E-state index in [1.165, 1.54) is 0 Å². The monoisotopic (exact) mass is 392 g/mol. The van der Waals surface area contributed by atoms with Crippen molar-refractivity contribution in [2.45, 2.75) is 52.6 Å². The van der Waals surface area contributed by atoms with E-state index in [0.29, 0.717) is 49.9 Å². The van der Waals surface area contributed by atoms with Crippen LogP contribution < -0.4 is 16.4 Å². The maximum absolute atomic E-state index is 12.4. The lowest BCUT2D eigenvalue weighted by molar-refractivity contribution is 0.308. The van der Waals surface area contributed by atoms with E-state index in [4.69, 9.17) is 16.1 Å². The maximum atomic E-state index is 12.4. The molecule has 0 aliphatic heterocycles. The van der Waals surface area contributed by atoms with E-state index in [-0.39, 0.29) is 0 Å². The number of nitrogens with one attached hydrogen (secondary N) is 2. The summed E-state index contributed by atoms with van der Waals surface area (Å²) in [5, 5.41) is 31.0. The first-order valence-electron chi connectivity index (χ1n) is 8.73. The molecule has 9 nitrogen and oxygen atoms in total. The molecule has 0 aliphatic rings. The van der Waals surface area contributed by atoms with Crippen molar-refractivity contribution in [3.63, 3.8) is 0 Å². The van der Waals surface area contributed by atoms with Crippen molar-refractivity contribution in [1.29, 1.82) is 0 Å². The van der Waals surface area contributed by atoms with Crippen LogP contribution >= 0.6 is 0 Å². The smallest absolute Gasteiger partial charge is 0.0956 e. The van der Waals surface area contributed by atoms with Gasteiger partial charge in [0.25, 0.3) is 0 Å². The second-order valence-corrected chi connectivity index (χ2v) is 8.79. The normalized spacial score (nSPS) is 15.5. The second-order valence-electron chi connectivity index (χ2n) is 7.22. The van der Waals surface area contributed by atoms with Crippen molar-refractivity contribution in [2.24, 2.45) is 16.0 Å². The van der Waals surface area contributed by atoms with Crippen LogP contribution in [-0.4, -0.2) is 79.9 Å². The first-order chi connectivity index (χ1) is 12.0. The van der Waals surface area contributed by atoms with Gasteiger partial charge in [0, 0.05) is 32.7 Å². The first-order valence-corrected chi connectivity index (χ1v) is 10.0. The van der Waals surface area contributed by atoms with Crippen LogP contribution in [0, 0.1) is 0 Å². The molecule has 0 heterocycles. The fourth-order valence-corrected chi connectivity index (χ4v) is 3.09. The van der Waals surface area contributed by atoms with Crippen LogP contribution in [0.5, 0.6) is 0 Å². The van der Waals surface area contributed by atoms with Crippen LogP contribution in [0.1, 0.15) is 41.5 Å². The summed E-state index contributed by atoms with van der Waals surface area (Å²) in [4.78, 5) is 0. The number of rotatable bonds is 13. The highest BCUT2D eigenvalue weighted by atomic mass is 32.2. The van der Waals surface area contributed by atoms with Crippen molar-refractivity contribution in [3.8, 4) is 0 Å². The average Bonchev–Trinajstić information content (AvgIpc) is 2.58. The minimum Gasteiger partial charge on any atom is -0.411 e. The molecule has 0 radical (unpaired) electrons. The Balaban J connectivity index is 4.71. The predicted molar refractivity (Wildman–Crippen MR) is 108 cm³/mol. The Bertz CT molecular complexity index is 472. The summed E-state index contributed by atoms with van der Waals surface area (Å²) in [7, 11) is -1.17. The molecule has 0 aromatic heterocycles. The summed E-state index contributed by atoms with van der Waals surface area (Å²) in [6.07, 6.45) is 0. The van der Waals surface area contributed by atoms with Gasteiger partial charge < -0.3 is 26.8 Å². The Morgan fingerprint density at radius 2 is 1.38 bits per heavy atom. The molecule has 154 valence electrons. The Labute approximate surface area is 159 Å². The van der Waals surface area contributed by atoms with Gasteiger partial charge in [-0.1, -0.05) is 10.3 Å². The molecule has 1 unspecified atom stereocenters. The third kappa shape index (κ3) is 8.54. The zero-order valence-corrected chi connectivity index (χ0v) is 17.7. The van der Waals surface area contributed by atoms with Gasteiger partial charge in [0.15, 0.2) is 0 Å². The summed E-state index contributed by atoms with van der Waals surface area (Å²) in [5.74, 6) is 0.404. The van der Waals surface area contributed by atoms with Crippen LogP contribution in [0.3, 0.4) is 0 Å². The molecule has 0 aromatic carbocycles. The predicted octanol–water partition coefficient (Wildman–Crippen LogP) is 0.347. The molecule has 0 saturated heterocycles. The van der Waals surface area contributed by atoms with Gasteiger partial charge in [0.1, 0.15) is 0 Å². The van der Waals surface area contributed by atoms with E-state index in [1.54, 1.807) is 13.8 Å². The van der Waals surface area contributed by atoms with Gasteiger partial charge in [0.05, 0.1) is 39.2 Å². The standard InChI is InChI=1S/C16H36N6O3S/c1-13(20-23)15(3,4)18-8-10-22(26(25)12-7-17)11-9-19-16(5,6)14(2)21-24/h18-19,23-24H,7-12,17H2,1-6H3/b20-13+,21-14+. The third-order valence-corrected chi connectivity index (χ3v) is 6.07. The SMILES string of the molecule is C/C(=N\O)C(C)(C)NCCN(CCNC(C)(C)/C(C)=N/O)S(=O)CCN. The van der Waals surface area contributed by atoms with Crippen LogP contribution in [-0.2, 0) is 11.0 Å². The first kappa shape index (κ1) is 24.9. The molecule has 0 amide bonds. The number of nitrogens with two attached hydrogens (primary N) is 1. The second kappa shape index (κ2) is 11.6. The molecule has 26 heavy (non-hydrogen) atoms. The van der Waals surface area contributed by atoms with Crippen molar-refractivity contribution in [2.75, 3.05) is 38.5 Å². The van der Waals surface area contributed by atoms with Crippen molar-refractivity contribution in [3.05, 3.63) is 0 Å². The molecule has 0 saturated carbocycles. The number of hydrogen-bond donors (Lipinski definition) is 5. The largest absolute Gasteiger partial charge is 0.411 e. The lowest BCUT2D eigenvalue weighted by Crippen LogP contribution is -2.51. The summed E-state index contributed by atoms with van der Waals surface area (Å²) in [5.41, 5.74) is 5.79. The molecule has 0 spiro atoms. The van der Waals surface area contributed by atoms with Crippen LogP contribution in [0.2, 0.25) is 0 Å². The number of hydrogen-bond acceptors (Lipinski definition) is 8. The molecule has 0 bridgehead atoms. The van der Waals surface area contributed by atoms with E-state index in [0.717, 1.165) is 0 Å². The minimum absolute atomic E-state index is 0.355. The van der Waals surface area contributed by atoms with Gasteiger partial charge in [-0.05, 0) is 41.5 Å². The highest BCUT2D eigenvalue weighted by molar-refractivity contribution is 7.82. The highest BCUT2D eigenvalue weighted by Crippen LogP contribution is 2.07. The van der Waals surface area contributed by atoms with Crippen molar-refractivity contribution < 1.29 is 14.6 Å². The van der Waals surface area contributed by atoms with Crippen LogP contribution in [0.15, 0.2) is 10.3 Å². The lowest BCUT2D eigenvalue weighted by atomic mass is 10.00. The van der Waals surface area contributed by atoms with E-state index in [1.807, 2.05) is 32.0 Å². The molecule has 0 rings (SSSR count). The van der Waals surface area contributed by atoms with Gasteiger partial charge in [-0.15, -0.1) is 0 Å². The summed E-state index contributed by atoms with van der Waals surface area (Å²) in [6, 6.07) is 0. The van der Waals surface area contributed by atoms with E-state index < -0.39 is 22.1 Å². The summed E-state index contributed by atoms with van der Waals surface area (Å²) >= 11 is 0. The van der Waals surface area contributed by atoms with Gasteiger partial charge in [-0.25, -0.2) is 8.51 Å². The zero-order valence-electron chi connectivity index (χ0n) is 16.9. The van der Waals surface area contributed by atoms with Gasteiger partial charge in [0.2, 0.25) is 0 Å². The third-order valence-electron chi connectivity index (χ3n) is 4.55. The topological polar surface area (TPSA) is 136 Å². The Kier molecular flexibility index (Phi) is 11.1. The van der Waals surface area contributed by atoms with E-state index in [2.05, 4.69) is 20.9 Å². The summed E-state index contributed by atoms with van der Waals surface area (Å²) in [6.45, 7) is 13.8. The molecule has 0 aliphatic carbocycles. The molecule has 10 heteroatoms. The molecule has 0 aromatic rings. The Morgan fingerprint density at radius 3 is 1.69 bits per heavy atom. The molecule has 1 atom stereocenters. The number of nitrogens with zero attached hydrogens (tertiary/aromatic N) is 3. The maximum Gasteiger partial charge on any atom is 0.0956 e. The fraction of sp³-hybridized carbons (Fsp3) is 0.875. The average molecular weight is 393 g/mol. The van der Waals surface area contributed by atoms with E-state index >= 15 is 0 Å².